The Morgan fingerprint density at radius 3 is 2.77 bits per heavy atom. The Morgan fingerprint density at radius 1 is 1.13 bits per heavy atom. The van der Waals surface area contributed by atoms with Gasteiger partial charge in [-0.2, -0.15) is 5.10 Å². The zero-order chi connectivity index (χ0) is 20.9. The SMILES string of the molecule is CCOC(=O)c1ccn(-c2cccc(NC(=O)N3CCCC3c3ccccc3)c2)n1. The number of ether oxygens (including phenoxy) is 1. The van der Waals surface area contributed by atoms with Crippen LogP contribution in [0, 0.1) is 0 Å². The molecule has 4 rings (SSSR count). The van der Waals surface area contributed by atoms with Gasteiger partial charge in [0.05, 0.1) is 18.3 Å². The maximum Gasteiger partial charge on any atom is 0.358 e. The summed E-state index contributed by atoms with van der Waals surface area (Å²) >= 11 is 0. The molecule has 0 radical (unpaired) electrons. The van der Waals surface area contributed by atoms with Gasteiger partial charge in [0, 0.05) is 18.4 Å². The lowest BCUT2D eigenvalue weighted by atomic mass is 10.1. The van der Waals surface area contributed by atoms with E-state index in [9.17, 15) is 9.59 Å². The van der Waals surface area contributed by atoms with E-state index in [1.54, 1.807) is 23.9 Å². The Kier molecular flexibility index (Phi) is 5.79. The predicted molar refractivity (Wildman–Crippen MR) is 114 cm³/mol. The number of likely N-dealkylation sites (tertiary alicyclic amines) is 1. The molecule has 0 saturated carbocycles. The number of aromatic nitrogens is 2. The second kappa shape index (κ2) is 8.82. The van der Waals surface area contributed by atoms with Crippen molar-refractivity contribution in [1.29, 1.82) is 0 Å². The van der Waals surface area contributed by atoms with Crippen molar-refractivity contribution < 1.29 is 14.3 Å². The number of nitrogens with zero attached hydrogens (tertiary/aromatic N) is 3. The lowest BCUT2D eigenvalue weighted by Crippen LogP contribution is -2.34. The highest BCUT2D eigenvalue weighted by Gasteiger charge is 2.29. The second-order valence-corrected chi connectivity index (χ2v) is 7.11. The molecule has 0 aliphatic carbocycles. The van der Waals surface area contributed by atoms with Crippen LogP contribution in [0.15, 0.2) is 66.9 Å². The Balaban J connectivity index is 1.48. The molecule has 1 aromatic heterocycles. The van der Waals surface area contributed by atoms with Crippen molar-refractivity contribution in [3.05, 3.63) is 78.1 Å². The van der Waals surface area contributed by atoms with Crippen molar-refractivity contribution >= 4 is 17.7 Å². The first-order valence-corrected chi connectivity index (χ1v) is 10.1. The van der Waals surface area contributed by atoms with E-state index in [1.807, 2.05) is 47.4 Å². The van der Waals surface area contributed by atoms with Gasteiger partial charge in [0.25, 0.3) is 0 Å². The number of amides is 2. The molecule has 1 fully saturated rings. The van der Waals surface area contributed by atoms with Gasteiger partial charge in [-0.05, 0) is 49.6 Å². The standard InChI is InChI=1S/C23H24N4O3/c1-2-30-22(28)20-13-15-27(25-20)19-11-6-10-18(16-19)24-23(29)26-14-7-12-21(26)17-8-4-3-5-9-17/h3-6,8-11,13,15-16,21H,2,7,12,14H2,1H3,(H,24,29). The van der Waals surface area contributed by atoms with E-state index >= 15 is 0 Å². The number of anilines is 1. The van der Waals surface area contributed by atoms with Crippen LogP contribution in [0.5, 0.6) is 0 Å². The largest absolute Gasteiger partial charge is 0.461 e. The molecule has 2 aromatic carbocycles. The van der Waals surface area contributed by atoms with E-state index in [0.717, 1.165) is 30.6 Å². The van der Waals surface area contributed by atoms with Gasteiger partial charge in [0.15, 0.2) is 5.69 Å². The molecule has 1 N–H and O–H groups in total. The molecular weight excluding hydrogens is 380 g/mol. The van der Waals surface area contributed by atoms with Gasteiger partial charge < -0.3 is 15.0 Å². The van der Waals surface area contributed by atoms with Crippen molar-refractivity contribution in [2.45, 2.75) is 25.8 Å². The number of nitrogens with one attached hydrogen (secondary N) is 1. The van der Waals surface area contributed by atoms with E-state index in [2.05, 4.69) is 22.5 Å². The smallest absolute Gasteiger partial charge is 0.358 e. The molecule has 7 heteroatoms. The van der Waals surface area contributed by atoms with E-state index in [1.165, 1.54) is 0 Å². The Bertz CT molecular complexity index is 1030. The zero-order valence-corrected chi connectivity index (χ0v) is 16.8. The molecule has 0 bridgehead atoms. The Morgan fingerprint density at radius 2 is 1.97 bits per heavy atom. The molecule has 30 heavy (non-hydrogen) atoms. The molecule has 1 saturated heterocycles. The lowest BCUT2D eigenvalue weighted by Gasteiger charge is -2.25. The monoisotopic (exact) mass is 404 g/mol. The molecule has 0 spiro atoms. The molecule has 2 heterocycles. The first-order chi connectivity index (χ1) is 14.7. The third-order valence-electron chi connectivity index (χ3n) is 5.13. The molecular formula is C23H24N4O3. The van der Waals surface area contributed by atoms with Gasteiger partial charge in [-0.1, -0.05) is 36.4 Å². The summed E-state index contributed by atoms with van der Waals surface area (Å²) in [6.07, 6.45) is 3.64. The summed E-state index contributed by atoms with van der Waals surface area (Å²) in [5, 5.41) is 7.27. The van der Waals surface area contributed by atoms with Crippen LogP contribution < -0.4 is 5.32 Å². The van der Waals surface area contributed by atoms with Crippen LogP contribution in [0.25, 0.3) is 5.69 Å². The van der Waals surface area contributed by atoms with E-state index in [-0.39, 0.29) is 17.8 Å². The van der Waals surface area contributed by atoms with Crippen molar-refractivity contribution in [1.82, 2.24) is 14.7 Å². The average molecular weight is 404 g/mol. The molecule has 1 unspecified atom stereocenters. The summed E-state index contributed by atoms with van der Waals surface area (Å²) in [6.45, 7) is 2.78. The van der Waals surface area contributed by atoms with Crippen LogP contribution in [-0.2, 0) is 4.74 Å². The number of esters is 1. The number of urea groups is 1. The molecule has 2 amide bonds. The van der Waals surface area contributed by atoms with Crippen LogP contribution >= 0.6 is 0 Å². The van der Waals surface area contributed by atoms with Gasteiger partial charge in [0.1, 0.15) is 0 Å². The van der Waals surface area contributed by atoms with Gasteiger partial charge in [-0.25, -0.2) is 14.3 Å². The molecule has 7 nitrogen and oxygen atoms in total. The summed E-state index contributed by atoms with van der Waals surface area (Å²) < 4.78 is 6.57. The van der Waals surface area contributed by atoms with E-state index < -0.39 is 5.97 Å². The number of hydrogen-bond acceptors (Lipinski definition) is 4. The molecule has 1 aliphatic rings. The minimum atomic E-state index is -0.457. The summed E-state index contributed by atoms with van der Waals surface area (Å²) in [6, 6.07) is 19.1. The third kappa shape index (κ3) is 4.20. The van der Waals surface area contributed by atoms with Gasteiger partial charge >= 0.3 is 12.0 Å². The lowest BCUT2D eigenvalue weighted by molar-refractivity contribution is 0.0519. The van der Waals surface area contributed by atoms with Crippen molar-refractivity contribution in [2.24, 2.45) is 0 Å². The Labute approximate surface area is 175 Å². The van der Waals surface area contributed by atoms with Crippen molar-refractivity contribution in [3.8, 4) is 5.69 Å². The van der Waals surface area contributed by atoms with Crippen LogP contribution in [0.3, 0.4) is 0 Å². The number of carbonyl (C=O) groups excluding carboxylic acids is 2. The normalized spacial score (nSPS) is 15.8. The van der Waals surface area contributed by atoms with E-state index in [0.29, 0.717) is 12.3 Å². The van der Waals surface area contributed by atoms with E-state index in [4.69, 9.17) is 4.74 Å². The second-order valence-electron chi connectivity index (χ2n) is 7.11. The summed E-state index contributed by atoms with van der Waals surface area (Å²) in [5.41, 5.74) is 2.81. The molecule has 1 aliphatic heterocycles. The van der Waals surface area contributed by atoms with Crippen LogP contribution in [-0.4, -0.2) is 39.8 Å². The van der Waals surface area contributed by atoms with Crippen LogP contribution in [0.2, 0.25) is 0 Å². The fraction of sp³-hybridized carbons (Fsp3) is 0.261. The number of hydrogen-bond donors (Lipinski definition) is 1. The fourth-order valence-electron chi connectivity index (χ4n) is 3.73. The first-order valence-electron chi connectivity index (χ1n) is 10.1. The maximum absolute atomic E-state index is 12.9. The highest BCUT2D eigenvalue weighted by atomic mass is 16.5. The first kappa shape index (κ1) is 19.7. The van der Waals surface area contributed by atoms with Gasteiger partial charge in [-0.15, -0.1) is 0 Å². The number of carbonyl (C=O) groups is 2. The Hall–Kier alpha value is -3.61. The summed E-state index contributed by atoms with van der Waals surface area (Å²) in [7, 11) is 0. The minimum Gasteiger partial charge on any atom is -0.461 e. The topological polar surface area (TPSA) is 76.5 Å². The van der Waals surface area contributed by atoms with Gasteiger partial charge in [-0.3, -0.25) is 0 Å². The fourth-order valence-corrected chi connectivity index (χ4v) is 3.73. The zero-order valence-electron chi connectivity index (χ0n) is 16.8. The number of rotatable bonds is 5. The van der Waals surface area contributed by atoms with Crippen LogP contribution in [0.4, 0.5) is 10.5 Å². The molecule has 154 valence electrons. The molecule has 3 aromatic rings. The average Bonchev–Trinajstić information content (AvgIpc) is 3.45. The maximum atomic E-state index is 12.9. The predicted octanol–water partition coefficient (Wildman–Crippen LogP) is 4.42. The number of benzene rings is 2. The highest BCUT2D eigenvalue weighted by Crippen LogP contribution is 2.32. The summed E-state index contributed by atoms with van der Waals surface area (Å²) in [5.74, 6) is -0.457. The highest BCUT2D eigenvalue weighted by molar-refractivity contribution is 5.90. The quantitative estimate of drug-likeness (QED) is 0.639. The van der Waals surface area contributed by atoms with Crippen molar-refractivity contribution in [3.63, 3.8) is 0 Å². The van der Waals surface area contributed by atoms with Crippen LogP contribution in [0.1, 0.15) is 41.9 Å². The van der Waals surface area contributed by atoms with Crippen molar-refractivity contribution in [2.75, 3.05) is 18.5 Å². The minimum absolute atomic E-state index is 0.0904. The third-order valence-corrected chi connectivity index (χ3v) is 5.13. The molecule has 1 atom stereocenters. The van der Waals surface area contributed by atoms with Gasteiger partial charge in [0.2, 0.25) is 0 Å². The summed E-state index contributed by atoms with van der Waals surface area (Å²) in [4.78, 5) is 26.7.